The van der Waals surface area contributed by atoms with Crippen LogP contribution in [0, 0.1) is 20.8 Å². The molecular formula is C22H30N2O3S. The van der Waals surface area contributed by atoms with E-state index in [2.05, 4.69) is 24.4 Å². The van der Waals surface area contributed by atoms with Crippen molar-refractivity contribution < 1.29 is 13.2 Å². The van der Waals surface area contributed by atoms with E-state index in [-0.39, 0.29) is 11.9 Å². The number of nitrogens with one attached hydrogen (secondary N) is 1. The maximum absolute atomic E-state index is 13.1. The van der Waals surface area contributed by atoms with Crippen molar-refractivity contribution in [2.24, 2.45) is 0 Å². The van der Waals surface area contributed by atoms with Crippen LogP contribution in [-0.2, 0) is 14.8 Å². The van der Waals surface area contributed by atoms with Crippen molar-refractivity contribution in [1.29, 1.82) is 0 Å². The van der Waals surface area contributed by atoms with E-state index in [9.17, 15) is 13.2 Å². The molecule has 0 aliphatic heterocycles. The normalized spacial score (nSPS) is 13.6. The maximum Gasteiger partial charge on any atom is 0.244 e. The second-order valence-corrected chi connectivity index (χ2v) is 9.20. The SMILES string of the molecule is CC[C@H](C(=O)N[C@@H](C)c1cc(C)c(C)cc1C)N(c1ccccc1)S(C)(=O)=O. The van der Waals surface area contributed by atoms with E-state index in [0.717, 1.165) is 22.9 Å². The minimum Gasteiger partial charge on any atom is -0.348 e. The number of hydrogen-bond acceptors (Lipinski definition) is 3. The molecule has 2 atom stereocenters. The Morgan fingerprint density at radius 3 is 2.14 bits per heavy atom. The van der Waals surface area contributed by atoms with E-state index in [4.69, 9.17) is 0 Å². The molecule has 5 nitrogen and oxygen atoms in total. The number of amides is 1. The van der Waals surface area contributed by atoms with Gasteiger partial charge >= 0.3 is 0 Å². The Labute approximate surface area is 168 Å². The zero-order valence-corrected chi connectivity index (χ0v) is 18.3. The van der Waals surface area contributed by atoms with Gasteiger partial charge in [0.1, 0.15) is 6.04 Å². The van der Waals surface area contributed by atoms with E-state index in [0.29, 0.717) is 12.1 Å². The van der Waals surface area contributed by atoms with Crippen molar-refractivity contribution in [2.75, 3.05) is 10.6 Å². The van der Waals surface area contributed by atoms with Gasteiger partial charge in [-0.2, -0.15) is 0 Å². The van der Waals surface area contributed by atoms with Crippen LogP contribution < -0.4 is 9.62 Å². The van der Waals surface area contributed by atoms with Gasteiger partial charge in [-0.25, -0.2) is 8.42 Å². The Balaban J connectivity index is 2.33. The van der Waals surface area contributed by atoms with Crippen molar-refractivity contribution in [3.63, 3.8) is 0 Å². The molecule has 2 rings (SSSR count). The fourth-order valence-corrected chi connectivity index (χ4v) is 4.68. The summed E-state index contributed by atoms with van der Waals surface area (Å²) in [5.41, 5.74) is 5.00. The summed E-state index contributed by atoms with van der Waals surface area (Å²) in [7, 11) is -3.62. The first-order valence-electron chi connectivity index (χ1n) is 9.48. The Morgan fingerprint density at radius 1 is 1.04 bits per heavy atom. The summed E-state index contributed by atoms with van der Waals surface area (Å²) in [6.07, 6.45) is 1.50. The molecule has 2 aromatic rings. The van der Waals surface area contributed by atoms with Crippen LogP contribution >= 0.6 is 0 Å². The molecule has 0 aromatic heterocycles. The van der Waals surface area contributed by atoms with Crippen LogP contribution in [0.4, 0.5) is 5.69 Å². The Hall–Kier alpha value is -2.34. The van der Waals surface area contributed by atoms with Crippen LogP contribution in [0.5, 0.6) is 0 Å². The van der Waals surface area contributed by atoms with E-state index in [1.54, 1.807) is 24.3 Å². The van der Waals surface area contributed by atoms with Crippen molar-refractivity contribution >= 4 is 21.6 Å². The molecular weight excluding hydrogens is 372 g/mol. The molecule has 0 saturated carbocycles. The number of nitrogens with zero attached hydrogens (tertiary/aromatic N) is 1. The van der Waals surface area contributed by atoms with Crippen LogP contribution in [0.25, 0.3) is 0 Å². The molecule has 0 aliphatic rings. The highest BCUT2D eigenvalue weighted by Gasteiger charge is 2.32. The lowest BCUT2D eigenvalue weighted by Gasteiger charge is -2.31. The van der Waals surface area contributed by atoms with Crippen LogP contribution in [0.1, 0.15) is 48.6 Å². The summed E-state index contributed by atoms with van der Waals surface area (Å²) >= 11 is 0. The predicted octanol–water partition coefficient (Wildman–Crippen LogP) is 4.03. The summed E-state index contributed by atoms with van der Waals surface area (Å²) in [4.78, 5) is 13.1. The zero-order valence-electron chi connectivity index (χ0n) is 17.5. The van der Waals surface area contributed by atoms with Crippen LogP contribution in [-0.4, -0.2) is 26.6 Å². The maximum atomic E-state index is 13.1. The fourth-order valence-electron chi connectivity index (χ4n) is 3.47. The molecule has 0 unspecified atom stereocenters. The number of sulfonamides is 1. The lowest BCUT2D eigenvalue weighted by molar-refractivity contribution is -0.122. The first-order valence-corrected chi connectivity index (χ1v) is 11.3. The summed E-state index contributed by atoms with van der Waals surface area (Å²) < 4.78 is 26.2. The van der Waals surface area contributed by atoms with E-state index < -0.39 is 16.1 Å². The van der Waals surface area contributed by atoms with Gasteiger partial charge in [-0.15, -0.1) is 0 Å². The average Bonchev–Trinajstić information content (AvgIpc) is 2.61. The zero-order chi connectivity index (χ0) is 21.1. The number of carbonyl (C=O) groups is 1. The summed E-state index contributed by atoms with van der Waals surface area (Å²) in [6, 6.07) is 11.9. The summed E-state index contributed by atoms with van der Waals surface area (Å²) in [6.45, 7) is 9.87. The van der Waals surface area contributed by atoms with Gasteiger partial charge in [0, 0.05) is 0 Å². The number of anilines is 1. The first kappa shape index (κ1) is 22.0. The van der Waals surface area contributed by atoms with Gasteiger partial charge in [0.2, 0.25) is 15.9 Å². The van der Waals surface area contributed by atoms with Gasteiger partial charge in [0.25, 0.3) is 0 Å². The van der Waals surface area contributed by atoms with Crippen LogP contribution in [0.15, 0.2) is 42.5 Å². The molecule has 6 heteroatoms. The minimum absolute atomic E-state index is 0.224. The van der Waals surface area contributed by atoms with E-state index in [1.165, 1.54) is 9.87 Å². The Kier molecular flexibility index (Phi) is 6.88. The molecule has 0 aliphatic carbocycles. The third-order valence-corrected chi connectivity index (χ3v) is 6.23. The Morgan fingerprint density at radius 2 is 1.61 bits per heavy atom. The second kappa shape index (κ2) is 8.78. The van der Waals surface area contributed by atoms with Gasteiger partial charge in [-0.1, -0.05) is 37.3 Å². The van der Waals surface area contributed by atoms with Gasteiger partial charge in [0.15, 0.2) is 0 Å². The average molecular weight is 403 g/mol. The standard InChI is InChI=1S/C22H30N2O3S/c1-7-21(24(28(6,26)27)19-11-9-8-10-12-19)22(25)23-18(5)20-14-16(3)15(2)13-17(20)4/h8-14,18,21H,7H2,1-6H3,(H,23,25)/t18-,21+/m0/s1. The number of para-hydroxylation sites is 1. The molecule has 1 N–H and O–H groups in total. The topological polar surface area (TPSA) is 66.5 Å². The third-order valence-electron chi connectivity index (χ3n) is 5.05. The van der Waals surface area contributed by atoms with Gasteiger partial charge in [0.05, 0.1) is 18.0 Å². The monoisotopic (exact) mass is 402 g/mol. The van der Waals surface area contributed by atoms with Crippen molar-refractivity contribution in [2.45, 2.75) is 53.1 Å². The smallest absolute Gasteiger partial charge is 0.244 e. The number of hydrogen-bond donors (Lipinski definition) is 1. The first-order chi connectivity index (χ1) is 13.1. The number of aryl methyl sites for hydroxylation is 3. The lowest BCUT2D eigenvalue weighted by Crippen LogP contribution is -2.49. The van der Waals surface area contributed by atoms with Crippen molar-refractivity contribution in [3.05, 3.63) is 64.7 Å². The largest absolute Gasteiger partial charge is 0.348 e. The summed E-state index contributed by atoms with van der Waals surface area (Å²) in [5, 5.41) is 3.01. The number of carbonyl (C=O) groups excluding carboxylic acids is 1. The molecule has 2 aromatic carbocycles. The highest BCUT2D eigenvalue weighted by molar-refractivity contribution is 7.92. The molecule has 0 saturated heterocycles. The molecule has 0 radical (unpaired) electrons. The molecule has 0 heterocycles. The highest BCUT2D eigenvalue weighted by atomic mass is 32.2. The van der Waals surface area contributed by atoms with Crippen molar-refractivity contribution in [1.82, 2.24) is 5.32 Å². The number of rotatable bonds is 7. The molecule has 0 spiro atoms. The van der Waals surface area contributed by atoms with Crippen LogP contribution in [0.2, 0.25) is 0 Å². The second-order valence-electron chi connectivity index (χ2n) is 7.34. The molecule has 28 heavy (non-hydrogen) atoms. The highest BCUT2D eigenvalue weighted by Crippen LogP contribution is 2.25. The van der Waals surface area contributed by atoms with Gasteiger partial charge in [-0.05, 0) is 68.5 Å². The fraction of sp³-hybridized carbons (Fsp3) is 0.409. The molecule has 1 amide bonds. The molecule has 152 valence electrons. The van der Waals surface area contributed by atoms with Crippen LogP contribution in [0.3, 0.4) is 0 Å². The summed E-state index contributed by atoms with van der Waals surface area (Å²) in [5.74, 6) is -0.304. The third kappa shape index (κ3) is 4.93. The number of benzene rings is 2. The van der Waals surface area contributed by atoms with Gasteiger partial charge < -0.3 is 5.32 Å². The molecule has 0 bridgehead atoms. The lowest BCUT2D eigenvalue weighted by atomic mass is 9.96. The van der Waals surface area contributed by atoms with Gasteiger partial charge in [-0.3, -0.25) is 9.10 Å². The Bertz CT molecular complexity index is 940. The minimum atomic E-state index is -3.62. The van der Waals surface area contributed by atoms with E-state index in [1.807, 2.05) is 33.8 Å². The molecule has 0 fully saturated rings. The quantitative estimate of drug-likeness (QED) is 0.760. The van der Waals surface area contributed by atoms with E-state index >= 15 is 0 Å². The predicted molar refractivity (Wildman–Crippen MR) is 115 cm³/mol. The van der Waals surface area contributed by atoms with Crippen molar-refractivity contribution in [3.8, 4) is 0 Å².